The normalized spacial score (nSPS) is 12.7. The average Bonchev–Trinajstić information content (AvgIpc) is 3.87. The van der Waals surface area contributed by atoms with Crippen LogP contribution >= 0.6 is 0 Å². The highest BCUT2D eigenvalue weighted by atomic mass is 15.1. The van der Waals surface area contributed by atoms with Crippen LogP contribution in [0.2, 0.25) is 0 Å². The molecule has 2 nitrogen and oxygen atoms in total. The number of aromatic nitrogens is 1. The van der Waals surface area contributed by atoms with Crippen molar-refractivity contribution in [3.63, 3.8) is 0 Å². The summed E-state index contributed by atoms with van der Waals surface area (Å²) >= 11 is 0. The topological polar surface area (TPSA) is 8.17 Å². The molecule has 0 amide bonds. The molecular weight excluding hydrogens is 785 g/mol. The summed E-state index contributed by atoms with van der Waals surface area (Å²) < 4.78 is 2.43. The van der Waals surface area contributed by atoms with Gasteiger partial charge < -0.3 is 9.47 Å². The molecule has 0 aliphatic heterocycles. The van der Waals surface area contributed by atoms with E-state index in [9.17, 15) is 0 Å². The Hall–Kier alpha value is -8.46. The lowest BCUT2D eigenvalue weighted by atomic mass is 9.67. The Bertz CT molecular complexity index is 3630. The molecule has 11 aromatic carbocycles. The Kier molecular flexibility index (Phi) is 8.47. The molecule has 12 aromatic rings. The summed E-state index contributed by atoms with van der Waals surface area (Å²) in [4.78, 5) is 2.43. The second kappa shape index (κ2) is 14.8. The van der Waals surface area contributed by atoms with Gasteiger partial charge in [0, 0.05) is 32.9 Å². The van der Waals surface area contributed by atoms with Gasteiger partial charge in [-0.05, 0) is 116 Å². The number of rotatable bonds is 7. The lowest BCUT2D eigenvalue weighted by Crippen LogP contribution is -2.28. The standard InChI is InChI=1S/C63H42N2/c1-3-21-47(22-4-1)63(57-29-13-11-27-53(57)54-28-12-14-30-58(54)63)48-36-40-62-56(42-48)55-41-46(35-39-61(55)64(62)49-23-5-2-6-24-49)43-33-37-50(38-34-43)65(59-31-15-19-44-17-7-9-25-51(44)59)60-32-16-20-45-18-8-10-26-52(45)60/h1-42H. The minimum atomic E-state index is -0.489. The first-order chi connectivity index (χ1) is 32.3. The molecule has 0 saturated carbocycles. The summed E-state index contributed by atoms with van der Waals surface area (Å²) in [5.74, 6) is 0. The molecule has 1 aromatic heterocycles. The van der Waals surface area contributed by atoms with E-state index in [0.717, 1.165) is 22.7 Å². The Labute approximate surface area is 378 Å². The van der Waals surface area contributed by atoms with Gasteiger partial charge in [-0.15, -0.1) is 0 Å². The first-order valence-corrected chi connectivity index (χ1v) is 22.5. The number of para-hydroxylation sites is 1. The molecule has 1 heterocycles. The second-order valence-electron chi connectivity index (χ2n) is 17.2. The van der Waals surface area contributed by atoms with Gasteiger partial charge in [0.2, 0.25) is 0 Å². The Balaban J connectivity index is 1.00. The van der Waals surface area contributed by atoms with Gasteiger partial charge in [0.1, 0.15) is 0 Å². The quantitative estimate of drug-likeness (QED) is 0.155. The molecule has 65 heavy (non-hydrogen) atoms. The van der Waals surface area contributed by atoms with Crippen LogP contribution in [0.3, 0.4) is 0 Å². The fourth-order valence-corrected chi connectivity index (χ4v) is 11.0. The van der Waals surface area contributed by atoms with Crippen molar-refractivity contribution >= 4 is 60.4 Å². The van der Waals surface area contributed by atoms with Crippen LogP contribution in [0.5, 0.6) is 0 Å². The zero-order valence-corrected chi connectivity index (χ0v) is 35.6. The molecule has 1 aliphatic carbocycles. The molecule has 304 valence electrons. The monoisotopic (exact) mass is 826 g/mol. The summed E-state index contributed by atoms with van der Waals surface area (Å²) in [6.45, 7) is 0. The van der Waals surface area contributed by atoms with Crippen LogP contribution in [0.15, 0.2) is 255 Å². The first kappa shape index (κ1) is 37.1. The predicted molar refractivity (Wildman–Crippen MR) is 273 cm³/mol. The van der Waals surface area contributed by atoms with Crippen molar-refractivity contribution in [2.75, 3.05) is 4.90 Å². The molecule has 0 spiro atoms. The Morgan fingerprint density at radius 3 is 1.45 bits per heavy atom. The van der Waals surface area contributed by atoms with Crippen LogP contribution < -0.4 is 4.90 Å². The van der Waals surface area contributed by atoms with Gasteiger partial charge in [-0.1, -0.05) is 194 Å². The van der Waals surface area contributed by atoms with Crippen molar-refractivity contribution in [2.45, 2.75) is 5.41 Å². The van der Waals surface area contributed by atoms with Crippen LogP contribution in [0.4, 0.5) is 17.1 Å². The minimum Gasteiger partial charge on any atom is -0.309 e. The number of anilines is 3. The van der Waals surface area contributed by atoms with E-state index in [0.29, 0.717) is 0 Å². The Morgan fingerprint density at radius 2 is 0.815 bits per heavy atom. The maximum absolute atomic E-state index is 2.49. The summed E-state index contributed by atoms with van der Waals surface area (Å²) in [7, 11) is 0. The van der Waals surface area contributed by atoms with E-state index in [2.05, 4.69) is 264 Å². The fraction of sp³-hybridized carbons (Fsp3) is 0.0159. The highest BCUT2D eigenvalue weighted by Crippen LogP contribution is 2.56. The summed E-state index contributed by atoms with van der Waals surface area (Å²) in [5.41, 5.74) is 16.5. The largest absolute Gasteiger partial charge is 0.309 e. The predicted octanol–water partition coefficient (Wildman–Crippen LogP) is 16.6. The Morgan fingerprint density at radius 1 is 0.323 bits per heavy atom. The van der Waals surface area contributed by atoms with Gasteiger partial charge in [0.25, 0.3) is 0 Å². The second-order valence-corrected chi connectivity index (χ2v) is 17.2. The number of hydrogen-bond donors (Lipinski definition) is 0. The molecule has 0 atom stereocenters. The van der Waals surface area contributed by atoms with E-state index in [1.165, 1.54) is 87.9 Å². The van der Waals surface area contributed by atoms with Gasteiger partial charge in [-0.25, -0.2) is 0 Å². The molecule has 0 unspecified atom stereocenters. The fourth-order valence-electron chi connectivity index (χ4n) is 11.0. The smallest absolute Gasteiger partial charge is 0.0713 e. The molecular formula is C63H42N2. The summed E-state index contributed by atoms with van der Waals surface area (Å²) in [6, 6.07) is 93.9. The molecule has 13 rings (SSSR count). The molecule has 0 radical (unpaired) electrons. The zero-order valence-electron chi connectivity index (χ0n) is 35.6. The van der Waals surface area contributed by atoms with Crippen molar-refractivity contribution in [3.05, 3.63) is 277 Å². The maximum Gasteiger partial charge on any atom is 0.0713 e. The lowest BCUT2D eigenvalue weighted by Gasteiger charge is -2.34. The SMILES string of the molecule is c1ccc(-n2c3ccc(-c4ccc(N(c5cccc6ccccc56)c5cccc6ccccc56)cc4)cc3c3cc(C4(c5ccccc5)c5ccccc5-c5ccccc54)ccc32)cc1. The lowest BCUT2D eigenvalue weighted by molar-refractivity contribution is 0.770. The van der Waals surface area contributed by atoms with Crippen LogP contribution in [0.25, 0.3) is 71.3 Å². The zero-order chi connectivity index (χ0) is 42.9. The number of nitrogens with zero attached hydrogens (tertiary/aromatic N) is 2. The third kappa shape index (κ3) is 5.67. The number of hydrogen-bond acceptors (Lipinski definition) is 1. The number of benzene rings is 11. The van der Waals surface area contributed by atoms with Crippen molar-refractivity contribution < 1.29 is 0 Å². The van der Waals surface area contributed by atoms with E-state index in [1.54, 1.807) is 0 Å². The van der Waals surface area contributed by atoms with E-state index >= 15 is 0 Å². The van der Waals surface area contributed by atoms with Gasteiger partial charge in [0.15, 0.2) is 0 Å². The van der Waals surface area contributed by atoms with Crippen molar-refractivity contribution in [1.29, 1.82) is 0 Å². The summed E-state index contributed by atoms with van der Waals surface area (Å²) in [5, 5.41) is 7.32. The molecule has 0 fully saturated rings. The van der Waals surface area contributed by atoms with Crippen molar-refractivity contribution in [2.24, 2.45) is 0 Å². The van der Waals surface area contributed by atoms with Gasteiger partial charge in [-0.2, -0.15) is 0 Å². The molecule has 1 aliphatic rings. The van der Waals surface area contributed by atoms with Gasteiger partial charge in [-0.3, -0.25) is 0 Å². The van der Waals surface area contributed by atoms with Crippen LogP contribution in [-0.2, 0) is 5.41 Å². The molecule has 2 heteroatoms. The third-order valence-corrected chi connectivity index (χ3v) is 13.8. The molecule has 0 saturated heterocycles. The minimum absolute atomic E-state index is 0.489. The molecule has 0 bridgehead atoms. The highest BCUT2D eigenvalue weighted by Gasteiger charge is 2.46. The van der Waals surface area contributed by atoms with Crippen LogP contribution in [0, 0.1) is 0 Å². The molecule has 0 N–H and O–H groups in total. The summed E-state index contributed by atoms with van der Waals surface area (Å²) in [6.07, 6.45) is 0. The first-order valence-electron chi connectivity index (χ1n) is 22.5. The van der Waals surface area contributed by atoms with Gasteiger partial charge >= 0.3 is 0 Å². The third-order valence-electron chi connectivity index (χ3n) is 13.8. The van der Waals surface area contributed by atoms with Crippen LogP contribution in [0.1, 0.15) is 22.3 Å². The van der Waals surface area contributed by atoms with Crippen molar-refractivity contribution in [3.8, 4) is 27.9 Å². The highest BCUT2D eigenvalue weighted by molar-refractivity contribution is 6.11. The van der Waals surface area contributed by atoms with E-state index in [4.69, 9.17) is 0 Å². The van der Waals surface area contributed by atoms with E-state index in [1.807, 2.05) is 0 Å². The maximum atomic E-state index is 2.49. The van der Waals surface area contributed by atoms with E-state index < -0.39 is 5.41 Å². The van der Waals surface area contributed by atoms with E-state index in [-0.39, 0.29) is 0 Å². The van der Waals surface area contributed by atoms with Gasteiger partial charge in [0.05, 0.1) is 27.8 Å². The number of fused-ring (bicyclic) bond motifs is 8. The average molecular weight is 827 g/mol. The van der Waals surface area contributed by atoms with Crippen molar-refractivity contribution in [1.82, 2.24) is 4.57 Å². The van der Waals surface area contributed by atoms with Crippen LogP contribution in [-0.4, -0.2) is 4.57 Å².